The van der Waals surface area contributed by atoms with Crippen LogP contribution in [0.3, 0.4) is 0 Å². The standard InChI is InChI=1S/C23H28ClFN2O4S/c1-27(32(29,30)21-9-7-20(25)8-10-21)13-3-6-22(28)26-17-23(11-14-31-15-12-23)18-4-2-5-19(24)16-18/h2,4-5,7-10,16H,3,6,11-15,17H2,1H3,(H,26,28). The maximum absolute atomic E-state index is 13.1. The molecule has 0 saturated carbocycles. The SMILES string of the molecule is CN(CCCC(=O)NCC1(c2cccc(Cl)c2)CCOCC1)S(=O)(=O)c1ccc(F)cc1. The fourth-order valence-corrected chi connectivity index (χ4v) is 5.27. The quantitative estimate of drug-likeness (QED) is 0.590. The highest BCUT2D eigenvalue weighted by molar-refractivity contribution is 7.89. The summed E-state index contributed by atoms with van der Waals surface area (Å²) in [6.07, 6.45) is 2.14. The van der Waals surface area contributed by atoms with Crippen LogP contribution in [0.5, 0.6) is 0 Å². The van der Waals surface area contributed by atoms with Crippen LogP contribution in [0.2, 0.25) is 5.02 Å². The lowest BCUT2D eigenvalue weighted by Crippen LogP contribution is -2.44. The second-order valence-electron chi connectivity index (χ2n) is 8.06. The number of amides is 1. The van der Waals surface area contributed by atoms with Gasteiger partial charge in [0, 0.05) is 50.2 Å². The molecule has 1 saturated heterocycles. The molecule has 6 nitrogen and oxygen atoms in total. The molecular formula is C23H28ClFN2O4S. The van der Waals surface area contributed by atoms with Crippen LogP contribution < -0.4 is 5.32 Å². The minimum absolute atomic E-state index is 0.0221. The lowest BCUT2D eigenvalue weighted by atomic mass is 9.74. The Bertz CT molecular complexity index is 1020. The van der Waals surface area contributed by atoms with Gasteiger partial charge in [0.2, 0.25) is 15.9 Å². The van der Waals surface area contributed by atoms with Gasteiger partial charge in [0.05, 0.1) is 4.90 Å². The van der Waals surface area contributed by atoms with Gasteiger partial charge in [-0.25, -0.2) is 17.1 Å². The van der Waals surface area contributed by atoms with Gasteiger partial charge in [0.25, 0.3) is 0 Å². The van der Waals surface area contributed by atoms with E-state index in [9.17, 15) is 17.6 Å². The van der Waals surface area contributed by atoms with Crippen molar-refractivity contribution >= 4 is 27.5 Å². The van der Waals surface area contributed by atoms with Crippen molar-refractivity contribution in [2.24, 2.45) is 0 Å². The molecule has 1 aliphatic heterocycles. The lowest BCUT2D eigenvalue weighted by molar-refractivity contribution is -0.121. The van der Waals surface area contributed by atoms with E-state index in [0.717, 1.165) is 30.5 Å². The summed E-state index contributed by atoms with van der Waals surface area (Å²) in [6.45, 7) is 1.89. The van der Waals surface area contributed by atoms with Gasteiger partial charge in [-0.15, -0.1) is 0 Å². The second-order valence-corrected chi connectivity index (χ2v) is 10.5. The molecule has 0 spiro atoms. The molecule has 0 atom stereocenters. The van der Waals surface area contributed by atoms with Gasteiger partial charge in [-0.1, -0.05) is 23.7 Å². The van der Waals surface area contributed by atoms with Gasteiger partial charge in [-0.3, -0.25) is 4.79 Å². The number of nitrogens with one attached hydrogen (secondary N) is 1. The zero-order valence-corrected chi connectivity index (χ0v) is 19.6. The Morgan fingerprint density at radius 1 is 1.19 bits per heavy atom. The Hall–Kier alpha value is -2.00. The van der Waals surface area contributed by atoms with Crippen LogP contribution >= 0.6 is 11.6 Å². The molecule has 1 heterocycles. The first kappa shape index (κ1) is 24.6. The number of carbonyl (C=O) groups is 1. The summed E-state index contributed by atoms with van der Waals surface area (Å²) in [6, 6.07) is 12.4. The van der Waals surface area contributed by atoms with E-state index in [1.54, 1.807) is 0 Å². The van der Waals surface area contributed by atoms with Crippen molar-refractivity contribution in [1.29, 1.82) is 0 Å². The maximum atomic E-state index is 13.1. The summed E-state index contributed by atoms with van der Waals surface area (Å²) < 4.78 is 44.9. The number of sulfonamides is 1. The largest absolute Gasteiger partial charge is 0.381 e. The van der Waals surface area contributed by atoms with E-state index >= 15 is 0 Å². The molecular weight excluding hydrogens is 455 g/mol. The smallest absolute Gasteiger partial charge is 0.242 e. The van der Waals surface area contributed by atoms with Gasteiger partial charge in [0.15, 0.2) is 0 Å². The maximum Gasteiger partial charge on any atom is 0.242 e. The Labute approximate surface area is 193 Å². The molecule has 2 aromatic carbocycles. The zero-order valence-electron chi connectivity index (χ0n) is 18.0. The van der Waals surface area contributed by atoms with Crippen LogP contribution in [0.25, 0.3) is 0 Å². The van der Waals surface area contributed by atoms with Crippen molar-refractivity contribution in [2.45, 2.75) is 36.0 Å². The number of carbonyl (C=O) groups excluding carboxylic acids is 1. The number of ether oxygens (including phenoxy) is 1. The zero-order chi connectivity index (χ0) is 23.2. The fraction of sp³-hybridized carbons (Fsp3) is 0.435. The highest BCUT2D eigenvalue weighted by Gasteiger charge is 2.35. The number of hydrogen-bond donors (Lipinski definition) is 1. The Kier molecular flexibility index (Phi) is 8.27. The summed E-state index contributed by atoms with van der Waals surface area (Å²) in [4.78, 5) is 12.5. The molecule has 1 aliphatic rings. The van der Waals surface area contributed by atoms with Crippen molar-refractivity contribution < 1.29 is 22.3 Å². The molecule has 0 bridgehead atoms. The molecule has 1 amide bonds. The van der Waals surface area contributed by atoms with E-state index < -0.39 is 15.8 Å². The second kappa shape index (κ2) is 10.7. The van der Waals surface area contributed by atoms with Crippen molar-refractivity contribution in [1.82, 2.24) is 9.62 Å². The van der Waals surface area contributed by atoms with Crippen LogP contribution in [0.15, 0.2) is 53.4 Å². The predicted octanol–water partition coefficient (Wildman–Crippen LogP) is 3.74. The van der Waals surface area contributed by atoms with Crippen LogP contribution in [-0.4, -0.2) is 52.0 Å². The first-order valence-electron chi connectivity index (χ1n) is 10.6. The number of rotatable bonds is 9. The first-order valence-corrected chi connectivity index (χ1v) is 12.4. The van der Waals surface area contributed by atoms with Gasteiger partial charge < -0.3 is 10.1 Å². The third kappa shape index (κ3) is 6.07. The van der Waals surface area contributed by atoms with E-state index in [-0.39, 0.29) is 29.2 Å². The number of halogens is 2. The van der Waals surface area contributed by atoms with Crippen molar-refractivity contribution in [3.63, 3.8) is 0 Å². The molecule has 32 heavy (non-hydrogen) atoms. The average molecular weight is 483 g/mol. The minimum Gasteiger partial charge on any atom is -0.381 e. The molecule has 1 N–H and O–H groups in total. The Morgan fingerprint density at radius 3 is 2.53 bits per heavy atom. The van der Waals surface area contributed by atoms with Crippen LogP contribution in [0.4, 0.5) is 4.39 Å². The third-order valence-electron chi connectivity index (χ3n) is 5.91. The van der Waals surface area contributed by atoms with E-state index in [1.807, 2.05) is 24.3 Å². The number of benzene rings is 2. The summed E-state index contributed by atoms with van der Waals surface area (Å²) in [7, 11) is -2.27. The summed E-state index contributed by atoms with van der Waals surface area (Å²) in [5.74, 6) is -0.631. The number of hydrogen-bond acceptors (Lipinski definition) is 4. The molecule has 0 radical (unpaired) electrons. The van der Waals surface area contributed by atoms with E-state index in [1.165, 1.54) is 23.5 Å². The van der Waals surface area contributed by atoms with Gasteiger partial charge in [-0.2, -0.15) is 0 Å². The van der Waals surface area contributed by atoms with E-state index in [4.69, 9.17) is 16.3 Å². The normalized spacial score (nSPS) is 16.1. The fourth-order valence-electron chi connectivity index (χ4n) is 3.87. The molecule has 0 aromatic heterocycles. The lowest BCUT2D eigenvalue weighted by Gasteiger charge is -2.38. The van der Waals surface area contributed by atoms with Crippen molar-refractivity contribution in [3.05, 3.63) is 64.9 Å². The van der Waals surface area contributed by atoms with Crippen molar-refractivity contribution in [3.8, 4) is 0 Å². The highest BCUT2D eigenvalue weighted by atomic mass is 35.5. The van der Waals surface area contributed by atoms with Gasteiger partial charge >= 0.3 is 0 Å². The molecule has 2 aromatic rings. The molecule has 0 unspecified atom stereocenters. The monoisotopic (exact) mass is 482 g/mol. The average Bonchev–Trinajstić information content (AvgIpc) is 2.78. The predicted molar refractivity (Wildman–Crippen MR) is 122 cm³/mol. The molecule has 1 fully saturated rings. The molecule has 3 rings (SSSR count). The third-order valence-corrected chi connectivity index (χ3v) is 8.02. The van der Waals surface area contributed by atoms with E-state index in [0.29, 0.717) is 31.2 Å². The molecule has 9 heteroatoms. The first-order chi connectivity index (χ1) is 15.2. The van der Waals surface area contributed by atoms with Crippen LogP contribution in [0, 0.1) is 5.82 Å². The minimum atomic E-state index is -3.72. The summed E-state index contributed by atoms with van der Waals surface area (Å²) in [5, 5.41) is 3.67. The topological polar surface area (TPSA) is 75.7 Å². The summed E-state index contributed by atoms with van der Waals surface area (Å²) in [5.41, 5.74) is 0.848. The van der Waals surface area contributed by atoms with Crippen LogP contribution in [0.1, 0.15) is 31.2 Å². The number of nitrogens with zero attached hydrogens (tertiary/aromatic N) is 1. The van der Waals surface area contributed by atoms with Gasteiger partial charge in [0.1, 0.15) is 5.82 Å². The Morgan fingerprint density at radius 2 is 1.88 bits per heavy atom. The molecule has 0 aliphatic carbocycles. The van der Waals surface area contributed by atoms with E-state index in [2.05, 4.69) is 5.32 Å². The van der Waals surface area contributed by atoms with Crippen LogP contribution in [-0.2, 0) is 25.0 Å². The molecule has 174 valence electrons. The Balaban J connectivity index is 1.53. The van der Waals surface area contributed by atoms with Crippen molar-refractivity contribution in [2.75, 3.05) is 33.4 Å². The highest BCUT2D eigenvalue weighted by Crippen LogP contribution is 2.35. The van der Waals surface area contributed by atoms with Gasteiger partial charge in [-0.05, 0) is 61.2 Å². The summed E-state index contributed by atoms with van der Waals surface area (Å²) >= 11 is 6.18.